The van der Waals surface area contributed by atoms with E-state index in [9.17, 15) is 5.11 Å². The summed E-state index contributed by atoms with van der Waals surface area (Å²) in [6, 6.07) is 6.11. The third-order valence-electron chi connectivity index (χ3n) is 8.66. The summed E-state index contributed by atoms with van der Waals surface area (Å²) in [6.45, 7) is 8.93. The molecule has 3 aliphatic carbocycles. The largest absolute Gasteiger partial charge is 0.508 e. The zero-order valence-corrected chi connectivity index (χ0v) is 18.4. The number of nitrogens with zero attached hydrogens (tertiary/aromatic N) is 1. The first-order valence-corrected chi connectivity index (χ1v) is 12.0. The van der Waals surface area contributed by atoms with Crippen molar-refractivity contribution in [2.75, 3.05) is 46.1 Å². The number of fused-ring (bicyclic) bond motifs is 5. The van der Waals surface area contributed by atoms with Gasteiger partial charge in [0.05, 0.1) is 26.4 Å². The van der Waals surface area contributed by atoms with E-state index >= 15 is 0 Å². The maximum absolute atomic E-state index is 9.88. The summed E-state index contributed by atoms with van der Waals surface area (Å²) in [5.41, 5.74) is 4.94. The lowest BCUT2D eigenvalue weighted by molar-refractivity contribution is 0.0232. The zero-order valence-electron chi connectivity index (χ0n) is 18.4. The summed E-state index contributed by atoms with van der Waals surface area (Å²) in [6.07, 6.45) is 9.99. The Morgan fingerprint density at radius 2 is 2.07 bits per heavy atom. The summed E-state index contributed by atoms with van der Waals surface area (Å²) >= 11 is 0. The van der Waals surface area contributed by atoms with E-state index in [0.717, 1.165) is 64.3 Å². The van der Waals surface area contributed by atoms with Gasteiger partial charge in [-0.1, -0.05) is 24.6 Å². The Morgan fingerprint density at radius 3 is 2.93 bits per heavy atom. The van der Waals surface area contributed by atoms with Gasteiger partial charge >= 0.3 is 0 Å². The number of rotatable bonds is 5. The summed E-state index contributed by atoms with van der Waals surface area (Å²) in [5, 5.41) is 9.88. The maximum Gasteiger partial charge on any atom is 0.115 e. The van der Waals surface area contributed by atoms with Gasteiger partial charge in [0.25, 0.3) is 0 Å². The molecule has 4 atom stereocenters. The lowest BCUT2D eigenvalue weighted by Crippen LogP contribution is -2.40. The Kier molecular flexibility index (Phi) is 5.92. The van der Waals surface area contributed by atoms with Crippen LogP contribution in [-0.4, -0.2) is 56.1 Å². The molecular weight excluding hydrogens is 374 g/mol. The van der Waals surface area contributed by atoms with Crippen molar-refractivity contribution in [2.45, 2.75) is 51.4 Å². The van der Waals surface area contributed by atoms with Gasteiger partial charge in [-0.15, -0.1) is 0 Å². The Bertz CT molecular complexity index is 784. The van der Waals surface area contributed by atoms with E-state index in [1.54, 1.807) is 5.57 Å². The second-order valence-electron chi connectivity index (χ2n) is 10.1. The second kappa shape index (κ2) is 8.64. The van der Waals surface area contributed by atoms with Crippen LogP contribution in [-0.2, 0) is 15.9 Å². The van der Waals surface area contributed by atoms with Crippen LogP contribution >= 0.6 is 0 Å². The monoisotopic (exact) mass is 411 g/mol. The third-order valence-corrected chi connectivity index (χ3v) is 8.66. The van der Waals surface area contributed by atoms with Crippen molar-refractivity contribution >= 4 is 0 Å². The van der Waals surface area contributed by atoms with Crippen molar-refractivity contribution < 1.29 is 14.6 Å². The van der Waals surface area contributed by atoms with E-state index in [2.05, 4.69) is 24.0 Å². The molecule has 0 amide bonds. The number of aromatic hydroxyl groups is 1. The minimum atomic E-state index is 0.364. The number of hydrogen-bond donors (Lipinski definition) is 1. The number of benzene rings is 1. The molecule has 1 saturated heterocycles. The Hall–Kier alpha value is -1.36. The van der Waals surface area contributed by atoms with E-state index < -0.39 is 0 Å². The minimum absolute atomic E-state index is 0.364. The van der Waals surface area contributed by atoms with Gasteiger partial charge in [0.1, 0.15) is 5.75 Å². The summed E-state index contributed by atoms with van der Waals surface area (Å²) < 4.78 is 11.4. The molecule has 1 aromatic rings. The van der Waals surface area contributed by atoms with Gasteiger partial charge in [0.2, 0.25) is 0 Å². The number of ether oxygens (including phenoxy) is 2. The molecule has 0 aromatic heterocycles. The number of morpholine rings is 1. The van der Waals surface area contributed by atoms with Crippen LogP contribution in [0.1, 0.15) is 56.1 Å². The summed E-state index contributed by atoms with van der Waals surface area (Å²) in [4.78, 5) is 2.44. The van der Waals surface area contributed by atoms with Gasteiger partial charge in [0.15, 0.2) is 0 Å². The second-order valence-corrected chi connectivity index (χ2v) is 10.1. The molecular formula is C26H37NO3. The molecule has 4 unspecified atom stereocenters. The van der Waals surface area contributed by atoms with E-state index in [-0.39, 0.29) is 0 Å². The van der Waals surface area contributed by atoms with Crippen LogP contribution in [0.3, 0.4) is 0 Å². The molecule has 30 heavy (non-hydrogen) atoms. The van der Waals surface area contributed by atoms with Crippen LogP contribution in [0, 0.1) is 17.3 Å². The standard InChI is InChI=1S/C26H37NO3/c1-26-10-8-23-22-6-4-21(28)18-19(22)2-5-24(23)25(26)7-3-20(26)9-14-29-15-11-27-12-16-30-17-13-27/h4,6,9,18,23-25,28H,2-3,5,7-8,10-17H2,1H3. The van der Waals surface area contributed by atoms with Crippen molar-refractivity contribution in [3.05, 3.63) is 41.0 Å². The maximum atomic E-state index is 9.88. The van der Waals surface area contributed by atoms with Crippen molar-refractivity contribution in [3.63, 3.8) is 0 Å². The number of phenols is 1. The molecule has 4 heteroatoms. The molecule has 4 nitrogen and oxygen atoms in total. The topological polar surface area (TPSA) is 41.9 Å². The Balaban J connectivity index is 1.20. The van der Waals surface area contributed by atoms with E-state index in [1.807, 2.05) is 12.1 Å². The highest BCUT2D eigenvalue weighted by molar-refractivity contribution is 5.40. The zero-order chi connectivity index (χ0) is 20.6. The van der Waals surface area contributed by atoms with Gasteiger partial charge in [-0.25, -0.2) is 0 Å². The van der Waals surface area contributed by atoms with Crippen LogP contribution in [0.2, 0.25) is 0 Å². The van der Waals surface area contributed by atoms with Crippen molar-refractivity contribution in [1.82, 2.24) is 4.90 Å². The van der Waals surface area contributed by atoms with Gasteiger partial charge in [-0.3, -0.25) is 4.90 Å². The quantitative estimate of drug-likeness (QED) is 0.571. The normalized spacial score (nSPS) is 35.1. The molecule has 1 aliphatic heterocycles. The fourth-order valence-electron chi connectivity index (χ4n) is 7.01. The Morgan fingerprint density at radius 1 is 1.20 bits per heavy atom. The highest BCUT2D eigenvalue weighted by Gasteiger charge is 2.52. The fraction of sp³-hybridized carbons (Fsp3) is 0.692. The Labute approximate surface area is 181 Å². The van der Waals surface area contributed by atoms with Crippen molar-refractivity contribution in [3.8, 4) is 5.75 Å². The third kappa shape index (κ3) is 3.83. The van der Waals surface area contributed by atoms with Crippen LogP contribution < -0.4 is 0 Å². The van der Waals surface area contributed by atoms with Crippen LogP contribution in [0.15, 0.2) is 29.8 Å². The van der Waals surface area contributed by atoms with E-state index in [4.69, 9.17) is 9.47 Å². The lowest BCUT2D eigenvalue weighted by Gasteiger charge is -2.49. The van der Waals surface area contributed by atoms with Gasteiger partial charge in [0, 0.05) is 19.6 Å². The predicted molar refractivity (Wildman–Crippen MR) is 119 cm³/mol. The fourth-order valence-corrected chi connectivity index (χ4v) is 7.01. The first-order chi connectivity index (χ1) is 14.6. The first-order valence-electron chi connectivity index (χ1n) is 12.0. The molecule has 1 aromatic carbocycles. The number of phenolic OH excluding ortho intramolecular Hbond substituents is 1. The smallest absolute Gasteiger partial charge is 0.115 e. The minimum Gasteiger partial charge on any atom is -0.508 e. The molecule has 1 heterocycles. The van der Waals surface area contributed by atoms with Gasteiger partial charge in [-0.2, -0.15) is 0 Å². The molecule has 0 bridgehead atoms. The summed E-state index contributed by atoms with van der Waals surface area (Å²) in [5.74, 6) is 2.72. The summed E-state index contributed by atoms with van der Waals surface area (Å²) in [7, 11) is 0. The van der Waals surface area contributed by atoms with E-state index in [1.165, 1.54) is 43.2 Å². The van der Waals surface area contributed by atoms with Gasteiger partial charge in [-0.05, 0) is 85.0 Å². The molecule has 3 fully saturated rings. The van der Waals surface area contributed by atoms with Crippen molar-refractivity contribution in [2.24, 2.45) is 17.3 Å². The van der Waals surface area contributed by atoms with Crippen LogP contribution in [0.4, 0.5) is 0 Å². The number of allylic oxidation sites excluding steroid dienone is 1. The van der Waals surface area contributed by atoms with Crippen LogP contribution in [0.5, 0.6) is 5.75 Å². The molecule has 4 aliphatic rings. The average molecular weight is 412 g/mol. The van der Waals surface area contributed by atoms with Crippen molar-refractivity contribution in [1.29, 1.82) is 0 Å². The highest BCUT2D eigenvalue weighted by Crippen LogP contribution is 2.62. The molecule has 5 rings (SSSR count). The SMILES string of the molecule is CC12CCC3c4ccc(O)cc4CCC3C1CCC2=CCOCCN1CCOCC1. The average Bonchev–Trinajstić information content (AvgIpc) is 3.10. The number of hydrogen-bond acceptors (Lipinski definition) is 4. The number of aryl methyl sites for hydroxylation is 1. The molecule has 164 valence electrons. The molecule has 1 N–H and O–H groups in total. The van der Waals surface area contributed by atoms with Crippen LogP contribution in [0.25, 0.3) is 0 Å². The highest BCUT2D eigenvalue weighted by atomic mass is 16.5. The molecule has 2 saturated carbocycles. The molecule has 0 radical (unpaired) electrons. The first kappa shape index (κ1) is 20.5. The lowest BCUT2D eigenvalue weighted by atomic mass is 9.55. The van der Waals surface area contributed by atoms with E-state index in [0.29, 0.717) is 17.1 Å². The molecule has 0 spiro atoms. The predicted octanol–water partition coefficient (Wildman–Crippen LogP) is 4.52. The van der Waals surface area contributed by atoms with Gasteiger partial charge < -0.3 is 14.6 Å².